The first-order chi connectivity index (χ1) is 15.5. The molecule has 6 heteroatoms. The van der Waals surface area contributed by atoms with Crippen molar-refractivity contribution in [3.63, 3.8) is 0 Å². The van der Waals surface area contributed by atoms with Gasteiger partial charge < -0.3 is 9.84 Å². The Bertz CT molecular complexity index is 1320. The van der Waals surface area contributed by atoms with Crippen LogP contribution in [-0.2, 0) is 6.61 Å². The fourth-order valence-corrected chi connectivity index (χ4v) is 3.72. The summed E-state index contributed by atoms with van der Waals surface area (Å²) in [5.41, 5.74) is 5.58. The summed E-state index contributed by atoms with van der Waals surface area (Å²) in [6.45, 7) is 2.46. The molecule has 0 bridgehead atoms. The van der Waals surface area contributed by atoms with E-state index in [0.29, 0.717) is 17.9 Å². The first kappa shape index (κ1) is 21.6. The first-order valence-corrected chi connectivity index (χ1v) is 10.8. The molecule has 0 saturated carbocycles. The molecule has 0 unspecified atom stereocenters. The van der Waals surface area contributed by atoms with Gasteiger partial charge in [0.15, 0.2) is 0 Å². The van der Waals surface area contributed by atoms with Crippen molar-refractivity contribution in [3.8, 4) is 11.5 Å². The van der Waals surface area contributed by atoms with Gasteiger partial charge in [-0.3, -0.25) is 4.79 Å². The summed E-state index contributed by atoms with van der Waals surface area (Å²) < 4.78 is 6.84. The van der Waals surface area contributed by atoms with Crippen LogP contribution in [0.5, 0.6) is 11.5 Å². The molecule has 0 heterocycles. The maximum atomic E-state index is 12.6. The molecule has 160 valence electrons. The molecule has 0 fully saturated rings. The molecule has 0 spiro atoms. The van der Waals surface area contributed by atoms with Gasteiger partial charge in [0.1, 0.15) is 18.1 Å². The Morgan fingerprint density at radius 1 is 1.03 bits per heavy atom. The van der Waals surface area contributed by atoms with E-state index in [4.69, 9.17) is 4.74 Å². The minimum Gasteiger partial charge on any atom is -0.507 e. The number of ether oxygens (including phenoxy) is 1. The number of hydrogen-bond acceptors (Lipinski definition) is 4. The van der Waals surface area contributed by atoms with E-state index < -0.39 is 5.91 Å². The van der Waals surface area contributed by atoms with Crippen molar-refractivity contribution < 1.29 is 14.6 Å². The average Bonchev–Trinajstić information content (AvgIpc) is 2.78. The van der Waals surface area contributed by atoms with Crippen molar-refractivity contribution in [3.05, 3.63) is 106 Å². The van der Waals surface area contributed by atoms with E-state index in [-0.39, 0.29) is 11.3 Å². The third kappa shape index (κ3) is 5.15. The van der Waals surface area contributed by atoms with Gasteiger partial charge in [0, 0.05) is 10.0 Å². The van der Waals surface area contributed by atoms with Gasteiger partial charge in [-0.15, -0.1) is 0 Å². The van der Waals surface area contributed by atoms with E-state index >= 15 is 0 Å². The lowest BCUT2D eigenvalue weighted by Crippen LogP contribution is -2.17. The fourth-order valence-electron chi connectivity index (χ4n) is 3.35. The molecule has 0 aliphatic heterocycles. The zero-order chi connectivity index (χ0) is 22.5. The van der Waals surface area contributed by atoms with Crippen molar-refractivity contribution in [1.29, 1.82) is 0 Å². The standard InChI is InChI=1S/C26H21BrN2O3/c1-17-5-4-6-18(11-17)16-32-25-10-9-22(27)12-21(25)15-28-29-26(31)23-13-19-7-2-3-8-20(19)14-24(23)30/h2-15,30H,16H2,1H3,(H,29,31). The molecular weight excluding hydrogens is 468 g/mol. The second-order valence-electron chi connectivity index (χ2n) is 7.38. The zero-order valence-electron chi connectivity index (χ0n) is 17.4. The van der Waals surface area contributed by atoms with Gasteiger partial charge in [-0.05, 0) is 53.6 Å². The van der Waals surface area contributed by atoms with Crippen LogP contribution in [0.15, 0.2) is 88.4 Å². The number of carbonyl (C=O) groups is 1. The van der Waals surface area contributed by atoms with Crippen molar-refractivity contribution in [1.82, 2.24) is 5.43 Å². The second kappa shape index (κ2) is 9.66. The molecule has 1 amide bonds. The molecule has 4 aromatic carbocycles. The summed E-state index contributed by atoms with van der Waals surface area (Å²) in [5.74, 6) is 0.0454. The number of hydrazone groups is 1. The number of nitrogens with zero attached hydrogens (tertiary/aromatic N) is 1. The number of phenols is 1. The average molecular weight is 489 g/mol. The number of amides is 1. The highest BCUT2D eigenvalue weighted by molar-refractivity contribution is 9.10. The number of aromatic hydroxyl groups is 1. The third-order valence-electron chi connectivity index (χ3n) is 4.93. The monoisotopic (exact) mass is 488 g/mol. The molecule has 0 saturated heterocycles. The summed E-state index contributed by atoms with van der Waals surface area (Å²) in [4.78, 5) is 12.6. The largest absolute Gasteiger partial charge is 0.507 e. The molecule has 5 nitrogen and oxygen atoms in total. The Hall–Kier alpha value is -3.64. The molecular formula is C26H21BrN2O3. The van der Waals surface area contributed by atoms with Gasteiger partial charge in [0.05, 0.1) is 11.8 Å². The third-order valence-corrected chi connectivity index (χ3v) is 5.42. The van der Waals surface area contributed by atoms with Crippen LogP contribution in [0.3, 0.4) is 0 Å². The molecule has 2 N–H and O–H groups in total. The number of carbonyl (C=O) groups excluding carboxylic acids is 1. The molecule has 0 radical (unpaired) electrons. The number of nitrogens with one attached hydrogen (secondary N) is 1. The zero-order valence-corrected chi connectivity index (χ0v) is 19.0. The van der Waals surface area contributed by atoms with Gasteiger partial charge in [-0.25, -0.2) is 5.43 Å². The van der Waals surface area contributed by atoms with Gasteiger partial charge in [-0.2, -0.15) is 5.10 Å². The quantitative estimate of drug-likeness (QED) is 0.259. The van der Waals surface area contributed by atoms with Crippen molar-refractivity contribution >= 4 is 38.8 Å². The summed E-state index contributed by atoms with van der Waals surface area (Å²) in [7, 11) is 0. The van der Waals surface area contributed by atoms with Crippen molar-refractivity contribution in [2.24, 2.45) is 5.10 Å². The number of phenolic OH excluding ortho intramolecular Hbond substituents is 1. The highest BCUT2D eigenvalue weighted by atomic mass is 79.9. The maximum Gasteiger partial charge on any atom is 0.275 e. The van der Waals surface area contributed by atoms with E-state index in [2.05, 4.69) is 32.5 Å². The minimum atomic E-state index is -0.498. The number of fused-ring (bicyclic) bond motifs is 1. The summed E-state index contributed by atoms with van der Waals surface area (Å²) in [6.07, 6.45) is 1.52. The van der Waals surface area contributed by atoms with Gasteiger partial charge in [0.2, 0.25) is 0 Å². The Balaban J connectivity index is 1.49. The van der Waals surface area contributed by atoms with E-state index in [0.717, 1.165) is 20.8 Å². The number of rotatable bonds is 6. The smallest absolute Gasteiger partial charge is 0.275 e. The van der Waals surface area contributed by atoms with Crippen LogP contribution in [0.4, 0.5) is 0 Å². The van der Waals surface area contributed by atoms with E-state index in [1.165, 1.54) is 11.8 Å². The van der Waals surface area contributed by atoms with E-state index in [1.54, 1.807) is 12.1 Å². The van der Waals surface area contributed by atoms with Gasteiger partial charge in [-0.1, -0.05) is 70.0 Å². The lowest BCUT2D eigenvalue weighted by atomic mass is 10.1. The normalized spacial score (nSPS) is 11.1. The van der Waals surface area contributed by atoms with Crippen LogP contribution in [0.1, 0.15) is 27.0 Å². The minimum absolute atomic E-state index is 0.0963. The summed E-state index contributed by atoms with van der Waals surface area (Å²) >= 11 is 3.45. The van der Waals surface area contributed by atoms with E-state index in [1.807, 2.05) is 67.6 Å². The van der Waals surface area contributed by atoms with Gasteiger partial charge in [0.25, 0.3) is 5.91 Å². The highest BCUT2D eigenvalue weighted by Gasteiger charge is 2.12. The number of benzene rings is 4. The summed E-state index contributed by atoms with van der Waals surface area (Å²) in [6, 6.07) is 24.4. The van der Waals surface area contributed by atoms with Crippen LogP contribution in [0.25, 0.3) is 10.8 Å². The molecule has 0 aliphatic rings. The molecule has 0 aromatic heterocycles. The molecule has 32 heavy (non-hydrogen) atoms. The molecule has 0 aliphatic carbocycles. The first-order valence-electron chi connectivity index (χ1n) is 10.0. The van der Waals surface area contributed by atoms with Crippen LogP contribution in [-0.4, -0.2) is 17.2 Å². The van der Waals surface area contributed by atoms with Crippen LogP contribution < -0.4 is 10.2 Å². The highest BCUT2D eigenvalue weighted by Crippen LogP contribution is 2.25. The SMILES string of the molecule is Cc1cccc(COc2ccc(Br)cc2C=NNC(=O)c2cc3ccccc3cc2O)c1. The van der Waals surface area contributed by atoms with E-state index in [9.17, 15) is 9.90 Å². The topological polar surface area (TPSA) is 70.9 Å². The Kier molecular flexibility index (Phi) is 6.52. The van der Waals surface area contributed by atoms with Crippen LogP contribution in [0, 0.1) is 6.92 Å². The Morgan fingerprint density at radius 2 is 1.81 bits per heavy atom. The lowest BCUT2D eigenvalue weighted by molar-refractivity contribution is 0.0952. The predicted molar refractivity (Wildman–Crippen MR) is 130 cm³/mol. The number of aryl methyl sites for hydroxylation is 1. The summed E-state index contributed by atoms with van der Waals surface area (Å²) in [5, 5.41) is 16.0. The maximum absolute atomic E-state index is 12.6. The molecule has 4 rings (SSSR count). The van der Waals surface area contributed by atoms with Crippen LogP contribution >= 0.6 is 15.9 Å². The molecule has 0 atom stereocenters. The predicted octanol–water partition coefficient (Wildman–Crippen LogP) is 5.96. The number of hydrogen-bond donors (Lipinski definition) is 2. The number of halogens is 1. The Morgan fingerprint density at radius 3 is 2.59 bits per heavy atom. The second-order valence-corrected chi connectivity index (χ2v) is 8.29. The lowest BCUT2D eigenvalue weighted by Gasteiger charge is -2.10. The van der Waals surface area contributed by atoms with Crippen LogP contribution in [0.2, 0.25) is 0 Å². The van der Waals surface area contributed by atoms with Crippen molar-refractivity contribution in [2.45, 2.75) is 13.5 Å². The fraction of sp³-hybridized carbons (Fsp3) is 0.0769. The van der Waals surface area contributed by atoms with Gasteiger partial charge >= 0.3 is 0 Å². The molecule has 4 aromatic rings. The van der Waals surface area contributed by atoms with Crippen molar-refractivity contribution in [2.75, 3.05) is 0 Å². The Labute approximate surface area is 194 Å².